The van der Waals surface area contributed by atoms with Gasteiger partial charge in [0.25, 0.3) is 11.8 Å². The molecule has 1 aromatic carbocycles. The highest BCUT2D eigenvalue weighted by atomic mass is 16.4. The molecule has 0 saturated heterocycles. The highest BCUT2D eigenvalue weighted by molar-refractivity contribution is 6.21. The van der Waals surface area contributed by atoms with Crippen molar-refractivity contribution < 1.29 is 19.5 Å². The smallest absolute Gasteiger partial charge is 0.303 e. The molecular weight excluding hydrogens is 246 g/mol. The summed E-state index contributed by atoms with van der Waals surface area (Å²) in [4.78, 5) is 35.8. The van der Waals surface area contributed by atoms with E-state index in [0.717, 1.165) is 0 Å². The third-order valence-electron chi connectivity index (χ3n) is 3.25. The van der Waals surface area contributed by atoms with E-state index in [9.17, 15) is 14.4 Å². The van der Waals surface area contributed by atoms with E-state index < -0.39 is 5.97 Å². The Morgan fingerprint density at radius 2 is 1.74 bits per heavy atom. The van der Waals surface area contributed by atoms with Crippen LogP contribution in [0.3, 0.4) is 0 Å². The Kier molecular flexibility index (Phi) is 3.64. The number of aliphatic carboxylic acids is 1. The van der Waals surface area contributed by atoms with Crippen LogP contribution in [-0.4, -0.2) is 34.3 Å². The molecule has 0 fully saturated rings. The predicted octanol–water partition coefficient (Wildman–Crippen LogP) is 1.78. The van der Waals surface area contributed by atoms with E-state index in [1.807, 2.05) is 0 Å². The number of carbonyl (C=O) groups is 3. The number of hydrogen-bond acceptors (Lipinski definition) is 3. The number of carboxylic acids is 1. The molecule has 1 heterocycles. The van der Waals surface area contributed by atoms with Gasteiger partial charge in [-0.25, -0.2) is 0 Å². The van der Waals surface area contributed by atoms with E-state index in [1.54, 1.807) is 31.2 Å². The normalized spacial score (nSPS) is 15.5. The largest absolute Gasteiger partial charge is 0.481 e. The van der Waals surface area contributed by atoms with Crippen molar-refractivity contribution in [3.8, 4) is 0 Å². The topological polar surface area (TPSA) is 74.7 Å². The number of imide groups is 1. The number of hydrogen-bond donors (Lipinski definition) is 1. The molecule has 0 saturated carbocycles. The number of nitrogens with zero attached hydrogens (tertiary/aromatic N) is 1. The first-order valence-electron chi connectivity index (χ1n) is 6.17. The highest BCUT2D eigenvalue weighted by Gasteiger charge is 2.34. The van der Waals surface area contributed by atoms with Gasteiger partial charge in [-0.05, 0) is 24.5 Å². The Labute approximate surface area is 110 Å². The van der Waals surface area contributed by atoms with Crippen molar-refractivity contribution in [2.45, 2.75) is 19.8 Å². The second-order valence-corrected chi connectivity index (χ2v) is 4.80. The first-order valence-corrected chi connectivity index (χ1v) is 6.17. The van der Waals surface area contributed by atoms with Crippen LogP contribution < -0.4 is 0 Å². The average Bonchev–Trinajstić information content (AvgIpc) is 2.60. The van der Waals surface area contributed by atoms with E-state index in [-0.39, 0.29) is 30.7 Å². The molecule has 1 aromatic rings. The van der Waals surface area contributed by atoms with Crippen LogP contribution >= 0.6 is 0 Å². The summed E-state index contributed by atoms with van der Waals surface area (Å²) in [6.45, 7) is 2.06. The molecule has 0 aliphatic carbocycles. The van der Waals surface area contributed by atoms with Crippen LogP contribution in [0.15, 0.2) is 24.3 Å². The summed E-state index contributed by atoms with van der Waals surface area (Å²) in [5.41, 5.74) is 0.858. The van der Waals surface area contributed by atoms with Gasteiger partial charge in [-0.1, -0.05) is 19.1 Å². The van der Waals surface area contributed by atoms with E-state index in [0.29, 0.717) is 17.5 Å². The number of carboxylic acid groups (broad SMARTS) is 1. The van der Waals surface area contributed by atoms with Gasteiger partial charge in [0.05, 0.1) is 11.1 Å². The van der Waals surface area contributed by atoms with Crippen molar-refractivity contribution in [3.63, 3.8) is 0 Å². The maximum absolute atomic E-state index is 12.0. The van der Waals surface area contributed by atoms with Crippen LogP contribution in [-0.2, 0) is 4.79 Å². The quantitative estimate of drug-likeness (QED) is 0.820. The summed E-state index contributed by atoms with van der Waals surface area (Å²) < 4.78 is 0. The van der Waals surface area contributed by atoms with Gasteiger partial charge in [0.1, 0.15) is 0 Å². The Morgan fingerprint density at radius 1 is 1.21 bits per heavy atom. The molecule has 2 rings (SSSR count). The fraction of sp³-hybridized carbons (Fsp3) is 0.357. The van der Waals surface area contributed by atoms with E-state index >= 15 is 0 Å². The summed E-state index contributed by atoms with van der Waals surface area (Å²) in [5, 5.41) is 8.67. The van der Waals surface area contributed by atoms with Gasteiger partial charge in [-0.2, -0.15) is 0 Å². The minimum atomic E-state index is -0.866. The lowest BCUT2D eigenvalue weighted by Crippen LogP contribution is -2.31. The Hall–Kier alpha value is -2.17. The van der Waals surface area contributed by atoms with Crippen LogP contribution in [0.1, 0.15) is 40.5 Å². The highest BCUT2D eigenvalue weighted by Crippen LogP contribution is 2.23. The van der Waals surface area contributed by atoms with Crippen LogP contribution in [0.25, 0.3) is 0 Å². The van der Waals surface area contributed by atoms with E-state index in [1.165, 1.54) is 4.90 Å². The van der Waals surface area contributed by atoms with Gasteiger partial charge < -0.3 is 5.11 Å². The maximum atomic E-state index is 12.0. The molecule has 5 nitrogen and oxygen atoms in total. The van der Waals surface area contributed by atoms with Crippen molar-refractivity contribution in [2.24, 2.45) is 5.92 Å². The van der Waals surface area contributed by atoms with Crippen LogP contribution in [0.2, 0.25) is 0 Å². The fourth-order valence-corrected chi connectivity index (χ4v) is 2.19. The van der Waals surface area contributed by atoms with Crippen LogP contribution in [0.4, 0.5) is 0 Å². The molecule has 1 atom stereocenters. The predicted molar refractivity (Wildman–Crippen MR) is 67.8 cm³/mol. The standard InChI is InChI=1S/C14H15NO4/c1-9(8-12(16)17)6-7-15-13(18)10-4-2-3-5-11(10)14(15)19/h2-5,9H,6-8H2,1H3,(H,16,17)/t9-/m1/s1. The minimum Gasteiger partial charge on any atom is -0.481 e. The molecule has 0 aromatic heterocycles. The molecule has 0 bridgehead atoms. The maximum Gasteiger partial charge on any atom is 0.303 e. The first kappa shape index (κ1) is 13.3. The van der Waals surface area contributed by atoms with Gasteiger partial charge in [0.2, 0.25) is 0 Å². The SMILES string of the molecule is C[C@H](CCN1C(=O)c2ccccc2C1=O)CC(=O)O. The van der Waals surface area contributed by atoms with Crippen molar-refractivity contribution in [2.75, 3.05) is 6.54 Å². The van der Waals surface area contributed by atoms with Gasteiger partial charge >= 0.3 is 5.97 Å². The molecule has 19 heavy (non-hydrogen) atoms. The van der Waals surface area contributed by atoms with Gasteiger partial charge in [0, 0.05) is 13.0 Å². The minimum absolute atomic E-state index is 0.0448. The zero-order valence-corrected chi connectivity index (χ0v) is 10.6. The van der Waals surface area contributed by atoms with Crippen molar-refractivity contribution in [3.05, 3.63) is 35.4 Å². The van der Waals surface area contributed by atoms with Crippen molar-refractivity contribution in [1.29, 1.82) is 0 Å². The fourth-order valence-electron chi connectivity index (χ4n) is 2.19. The molecule has 100 valence electrons. The van der Waals surface area contributed by atoms with E-state index in [2.05, 4.69) is 0 Å². The number of rotatable bonds is 5. The van der Waals surface area contributed by atoms with E-state index in [4.69, 9.17) is 5.11 Å². The monoisotopic (exact) mass is 261 g/mol. The lowest BCUT2D eigenvalue weighted by Gasteiger charge is -2.16. The summed E-state index contributed by atoms with van der Waals surface area (Å²) >= 11 is 0. The Morgan fingerprint density at radius 3 is 2.21 bits per heavy atom. The summed E-state index contributed by atoms with van der Waals surface area (Å²) in [6.07, 6.45) is 0.543. The summed E-state index contributed by atoms with van der Waals surface area (Å²) in [6, 6.07) is 6.72. The third-order valence-corrected chi connectivity index (χ3v) is 3.25. The number of amides is 2. The van der Waals surface area contributed by atoms with Crippen LogP contribution in [0, 0.1) is 5.92 Å². The zero-order chi connectivity index (χ0) is 14.0. The molecule has 1 N–H and O–H groups in total. The molecule has 0 unspecified atom stereocenters. The molecule has 0 radical (unpaired) electrons. The number of benzene rings is 1. The molecule has 2 amide bonds. The van der Waals surface area contributed by atoms with Crippen LogP contribution in [0.5, 0.6) is 0 Å². The zero-order valence-electron chi connectivity index (χ0n) is 10.6. The molecule has 5 heteroatoms. The third kappa shape index (κ3) is 2.65. The first-order chi connectivity index (χ1) is 9.00. The molecular formula is C14H15NO4. The molecule has 1 aliphatic heterocycles. The Balaban J connectivity index is 2.02. The summed E-state index contributed by atoms with van der Waals surface area (Å²) in [5.74, 6) is -1.51. The van der Waals surface area contributed by atoms with Gasteiger partial charge in [-0.15, -0.1) is 0 Å². The lowest BCUT2D eigenvalue weighted by atomic mass is 10.0. The van der Waals surface area contributed by atoms with Crippen molar-refractivity contribution >= 4 is 17.8 Å². The van der Waals surface area contributed by atoms with Gasteiger partial charge in [0.15, 0.2) is 0 Å². The Bertz CT molecular complexity index is 503. The number of carbonyl (C=O) groups excluding carboxylic acids is 2. The average molecular weight is 261 g/mol. The number of fused-ring (bicyclic) bond motifs is 1. The lowest BCUT2D eigenvalue weighted by molar-refractivity contribution is -0.138. The summed E-state index contributed by atoms with van der Waals surface area (Å²) in [7, 11) is 0. The van der Waals surface area contributed by atoms with Gasteiger partial charge in [-0.3, -0.25) is 19.3 Å². The molecule has 0 spiro atoms. The van der Waals surface area contributed by atoms with Crippen molar-refractivity contribution in [1.82, 2.24) is 4.90 Å². The second kappa shape index (κ2) is 5.22. The second-order valence-electron chi connectivity index (χ2n) is 4.80. The molecule has 1 aliphatic rings.